The van der Waals surface area contributed by atoms with Crippen LogP contribution in [0.3, 0.4) is 0 Å². The van der Waals surface area contributed by atoms with E-state index in [1.807, 2.05) is 18.2 Å². The molecule has 3 aromatic rings. The zero-order valence-electron chi connectivity index (χ0n) is 15.2. The lowest BCUT2D eigenvalue weighted by Gasteiger charge is -2.39. The van der Waals surface area contributed by atoms with E-state index in [1.54, 1.807) is 0 Å². The number of piperidine rings is 1. The lowest BCUT2D eigenvalue weighted by atomic mass is 9.82. The maximum Gasteiger partial charge on any atom is 0.121 e. The molecule has 1 aromatic heterocycles. The number of allylic oxidation sites excluding steroid dienone is 1. The first-order chi connectivity index (χ1) is 12.8. The van der Waals surface area contributed by atoms with Crippen molar-refractivity contribution < 1.29 is 4.74 Å². The molecule has 0 unspecified atom stereocenters. The average molecular weight is 344 g/mol. The summed E-state index contributed by atoms with van der Waals surface area (Å²) in [7, 11) is 2.13. The van der Waals surface area contributed by atoms with Crippen molar-refractivity contribution in [2.45, 2.75) is 19.4 Å². The fraction of sp³-hybridized carbons (Fsp3) is 0.304. The predicted octanol–water partition coefficient (Wildman–Crippen LogP) is 4.82. The van der Waals surface area contributed by atoms with Crippen LogP contribution >= 0.6 is 0 Å². The van der Waals surface area contributed by atoms with Crippen molar-refractivity contribution in [2.24, 2.45) is 13.0 Å². The third-order valence-corrected chi connectivity index (χ3v) is 5.81. The second-order valence-corrected chi connectivity index (χ2v) is 7.50. The summed E-state index contributed by atoms with van der Waals surface area (Å²) in [6.07, 6.45) is 7.27. The zero-order valence-corrected chi connectivity index (χ0v) is 15.2. The van der Waals surface area contributed by atoms with Crippen molar-refractivity contribution in [3.8, 4) is 5.75 Å². The Balaban J connectivity index is 1.46. The van der Waals surface area contributed by atoms with Gasteiger partial charge in [-0.3, -0.25) is 0 Å². The van der Waals surface area contributed by atoms with E-state index >= 15 is 0 Å². The highest BCUT2D eigenvalue weighted by Crippen LogP contribution is 2.40. The molecule has 0 aliphatic carbocycles. The molecule has 0 radical (unpaired) electrons. The first-order valence-electron chi connectivity index (χ1n) is 9.50. The summed E-state index contributed by atoms with van der Waals surface area (Å²) in [5.41, 5.74) is 5.35. The number of hydrogen-bond acceptors (Lipinski definition) is 2. The first kappa shape index (κ1) is 15.6. The van der Waals surface area contributed by atoms with Gasteiger partial charge in [0.1, 0.15) is 12.4 Å². The number of nitrogens with zero attached hydrogens (tertiary/aromatic N) is 2. The van der Waals surface area contributed by atoms with E-state index in [0.29, 0.717) is 6.61 Å². The van der Waals surface area contributed by atoms with Crippen LogP contribution in [-0.2, 0) is 13.7 Å². The monoisotopic (exact) mass is 344 g/mol. The molecule has 0 spiro atoms. The molecule has 0 atom stereocenters. The van der Waals surface area contributed by atoms with Crippen molar-refractivity contribution >= 4 is 16.5 Å². The van der Waals surface area contributed by atoms with E-state index in [0.717, 1.165) is 11.7 Å². The number of hydrogen-bond donors (Lipinski definition) is 0. The minimum Gasteiger partial charge on any atom is -0.489 e. The molecule has 3 aliphatic rings. The fourth-order valence-electron chi connectivity index (χ4n) is 4.36. The van der Waals surface area contributed by atoms with Gasteiger partial charge in [0.25, 0.3) is 0 Å². The van der Waals surface area contributed by atoms with E-state index in [-0.39, 0.29) is 0 Å². The third kappa shape index (κ3) is 2.68. The van der Waals surface area contributed by atoms with Gasteiger partial charge in [-0.15, -0.1) is 0 Å². The molecule has 0 amide bonds. The fourth-order valence-corrected chi connectivity index (χ4v) is 4.36. The standard InChI is InChI=1S/C23H24N2O/c1-24-14-22(21-15-25-11-9-18(21)10-12-25)20-8-7-19(13-23(20)24)26-16-17-5-3-2-4-6-17/h2-8,13-15,18H,9-12,16H2,1H3. The van der Waals surface area contributed by atoms with Gasteiger partial charge in [0.2, 0.25) is 0 Å². The molecule has 1 saturated heterocycles. The molecule has 2 bridgehead atoms. The Bertz CT molecular complexity index is 963. The van der Waals surface area contributed by atoms with E-state index in [1.165, 1.54) is 53.5 Å². The lowest BCUT2D eigenvalue weighted by Crippen LogP contribution is -2.35. The molecule has 6 rings (SSSR count). The number of aryl methyl sites for hydroxylation is 1. The van der Waals surface area contributed by atoms with Crippen molar-refractivity contribution in [3.63, 3.8) is 0 Å². The minimum atomic E-state index is 0.603. The third-order valence-electron chi connectivity index (χ3n) is 5.81. The van der Waals surface area contributed by atoms with Crippen LogP contribution in [0.25, 0.3) is 16.5 Å². The Morgan fingerprint density at radius 3 is 2.58 bits per heavy atom. The van der Waals surface area contributed by atoms with Crippen LogP contribution in [-0.4, -0.2) is 22.6 Å². The molecule has 132 valence electrons. The van der Waals surface area contributed by atoms with Crippen LogP contribution in [0.1, 0.15) is 24.0 Å². The van der Waals surface area contributed by atoms with Crippen LogP contribution in [0.2, 0.25) is 0 Å². The van der Waals surface area contributed by atoms with Crippen LogP contribution < -0.4 is 4.74 Å². The summed E-state index contributed by atoms with van der Waals surface area (Å²) in [5, 5.41) is 1.33. The molecule has 26 heavy (non-hydrogen) atoms. The molecule has 2 aromatic carbocycles. The Morgan fingerprint density at radius 1 is 1.04 bits per heavy atom. The van der Waals surface area contributed by atoms with Gasteiger partial charge < -0.3 is 14.2 Å². The number of aromatic nitrogens is 1. The van der Waals surface area contributed by atoms with Crippen molar-refractivity contribution in [3.05, 3.63) is 72.1 Å². The topological polar surface area (TPSA) is 17.4 Å². The molecule has 3 heteroatoms. The average Bonchev–Trinajstić information content (AvgIpc) is 3.04. The highest BCUT2D eigenvalue weighted by molar-refractivity contribution is 5.94. The number of ether oxygens (including phenoxy) is 1. The van der Waals surface area contributed by atoms with Crippen LogP contribution in [0.15, 0.2) is 60.9 Å². The second-order valence-electron chi connectivity index (χ2n) is 7.50. The van der Waals surface area contributed by atoms with Crippen LogP contribution in [0, 0.1) is 5.92 Å². The Morgan fingerprint density at radius 2 is 1.85 bits per heavy atom. The normalized spacial score (nSPS) is 17.0. The lowest BCUT2D eigenvalue weighted by molar-refractivity contribution is 0.252. The van der Waals surface area contributed by atoms with E-state index in [9.17, 15) is 0 Å². The summed E-state index contributed by atoms with van der Waals surface area (Å²) >= 11 is 0. The second kappa shape index (κ2) is 6.24. The molecular formula is C23H24N2O. The molecule has 3 nitrogen and oxygen atoms in total. The summed E-state index contributed by atoms with van der Waals surface area (Å²) < 4.78 is 8.26. The van der Waals surface area contributed by atoms with Crippen molar-refractivity contribution in [1.29, 1.82) is 0 Å². The van der Waals surface area contributed by atoms with Crippen LogP contribution in [0.5, 0.6) is 5.75 Å². The molecule has 4 heterocycles. The van der Waals surface area contributed by atoms with E-state index < -0.39 is 0 Å². The summed E-state index contributed by atoms with van der Waals surface area (Å²) in [5.74, 6) is 1.65. The Hall–Kier alpha value is -2.68. The van der Waals surface area contributed by atoms with Crippen molar-refractivity contribution in [1.82, 2.24) is 9.47 Å². The van der Waals surface area contributed by atoms with Crippen molar-refractivity contribution in [2.75, 3.05) is 13.1 Å². The molecular weight excluding hydrogens is 320 g/mol. The van der Waals surface area contributed by atoms with E-state index in [4.69, 9.17) is 4.74 Å². The largest absolute Gasteiger partial charge is 0.489 e. The SMILES string of the molecule is Cn1cc(C2=CN3CCC2CC3)c2ccc(OCc3ccccc3)cc21. The van der Waals surface area contributed by atoms with Gasteiger partial charge in [-0.1, -0.05) is 30.3 Å². The van der Waals surface area contributed by atoms with Gasteiger partial charge in [0.15, 0.2) is 0 Å². The number of rotatable bonds is 4. The van der Waals surface area contributed by atoms with Crippen LogP contribution in [0.4, 0.5) is 0 Å². The maximum absolute atomic E-state index is 6.02. The molecule has 0 N–H and O–H groups in total. The smallest absolute Gasteiger partial charge is 0.121 e. The summed E-state index contributed by atoms with van der Waals surface area (Å²) in [4.78, 5) is 2.48. The predicted molar refractivity (Wildman–Crippen MR) is 106 cm³/mol. The van der Waals surface area contributed by atoms with Gasteiger partial charge >= 0.3 is 0 Å². The Kier molecular flexibility index (Phi) is 3.74. The number of fused-ring (bicyclic) bond motifs is 3. The molecule has 3 aliphatic heterocycles. The van der Waals surface area contributed by atoms with Gasteiger partial charge in [0.05, 0.1) is 5.52 Å². The number of benzene rings is 2. The first-order valence-corrected chi connectivity index (χ1v) is 9.50. The van der Waals surface area contributed by atoms with Gasteiger partial charge in [-0.25, -0.2) is 0 Å². The highest BCUT2D eigenvalue weighted by atomic mass is 16.5. The van der Waals surface area contributed by atoms with Gasteiger partial charge in [0, 0.05) is 49.6 Å². The highest BCUT2D eigenvalue weighted by Gasteiger charge is 2.29. The van der Waals surface area contributed by atoms with E-state index in [2.05, 4.69) is 59.2 Å². The van der Waals surface area contributed by atoms with Gasteiger partial charge in [-0.05, 0) is 42.0 Å². The molecule has 0 saturated carbocycles. The van der Waals surface area contributed by atoms with Gasteiger partial charge in [-0.2, -0.15) is 0 Å². The maximum atomic E-state index is 6.02. The quantitative estimate of drug-likeness (QED) is 0.675. The zero-order chi connectivity index (χ0) is 17.5. The summed E-state index contributed by atoms with van der Waals surface area (Å²) in [6, 6.07) is 16.8. The Labute approximate surface area is 154 Å². The molecule has 1 fully saturated rings. The summed E-state index contributed by atoms with van der Waals surface area (Å²) in [6.45, 7) is 3.04. The minimum absolute atomic E-state index is 0.603.